The fourth-order valence-corrected chi connectivity index (χ4v) is 8.29. The highest BCUT2D eigenvalue weighted by atomic mass is 16.5. The van der Waals surface area contributed by atoms with E-state index in [1.807, 2.05) is 6.92 Å². The molecule has 8 atom stereocenters. The van der Waals surface area contributed by atoms with E-state index in [2.05, 4.69) is 33.8 Å². The van der Waals surface area contributed by atoms with Crippen LogP contribution in [-0.4, -0.2) is 17.9 Å². The first-order chi connectivity index (χ1) is 13.0. The van der Waals surface area contributed by atoms with Crippen LogP contribution in [0.1, 0.15) is 86.5 Å². The molecule has 156 valence electrons. The minimum Gasteiger partial charge on any atom is -0.462 e. The maximum atomic E-state index is 12.8. The number of hydrogen-bond donors (Lipinski definition) is 0. The van der Waals surface area contributed by atoms with E-state index in [0.29, 0.717) is 29.5 Å². The molecule has 0 spiro atoms. The molecule has 0 bridgehead atoms. The molecule has 0 radical (unpaired) electrons. The van der Waals surface area contributed by atoms with Crippen molar-refractivity contribution in [1.29, 1.82) is 0 Å². The Morgan fingerprint density at radius 1 is 1.07 bits per heavy atom. The van der Waals surface area contributed by atoms with Gasteiger partial charge in [-0.05, 0) is 80.0 Å². The highest BCUT2D eigenvalue weighted by Crippen LogP contribution is 2.71. The van der Waals surface area contributed by atoms with E-state index in [1.165, 1.54) is 31.8 Å². The quantitative estimate of drug-likeness (QED) is 0.450. The van der Waals surface area contributed by atoms with Gasteiger partial charge in [-0.25, -0.2) is 0 Å². The van der Waals surface area contributed by atoms with Gasteiger partial charge in [0, 0.05) is 18.8 Å². The molecule has 3 heteroatoms. The first-order valence-corrected chi connectivity index (χ1v) is 11.4. The van der Waals surface area contributed by atoms with E-state index in [1.54, 1.807) is 0 Å². The van der Waals surface area contributed by atoms with Crippen molar-refractivity contribution >= 4 is 11.8 Å². The summed E-state index contributed by atoms with van der Waals surface area (Å²) in [6.45, 7) is 12.8. The van der Waals surface area contributed by atoms with Gasteiger partial charge in [0.2, 0.25) is 0 Å². The van der Waals surface area contributed by atoms with Crippen LogP contribution in [0.15, 0.2) is 11.6 Å². The summed E-state index contributed by atoms with van der Waals surface area (Å²) in [4.78, 5) is 24.2. The zero-order chi connectivity index (χ0) is 20.5. The Labute approximate surface area is 170 Å². The molecule has 4 aliphatic carbocycles. The molecule has 0 heterocycles. The second-order valence-corrected chi connectivity index (χ2v) is 11.1. The highest BCUT2D eigenvalue weighted by molar-refractivity contribution is 5.83. The first-order valence-electron chi connectivity index (χ1n) is 11.4. The lowest BCUT2D eigenvalue weighted by atomic mass is 9.45. The van der Waals surface area contributed by atoms with Crippen LogP contribution in [0, 0.1) is 39.9 Å². The minimum absolute atomic E-state index is 0.0646. The summed E-state index contributed by atoms with van der Waals surface area (Å²) in [5.41, 5.74) is 1.74. The Morgan fingerprint density at radius 2 is 1.79 bits per heavy atom. The second kappa shape index (κ2) is 6.44. The van der Waals surface area contributed by atoms with Crippen molar-refractivity contribution in [1.82, 2.24) is 0 Å². The average molecular weight is 387 g/mol. The predicted octanol–water partition coefficient (Wildman–Crippen LogP) is 5.72. The topological polar surface area (TPSA) is 43.4 Å². The monoisotopic (exact) mass is 386 g/mol. The molecule has 3 saturated carbocycles. The van der Waals surface area contributed by atoms with Crippen molar-refractivity contribution in [3.8, 4) is 0 Å². The number of ketones is 1. The minimum atomic E-state index is -0.180. The zero-order valence-corrected chi connectivity index (χ0v) is 18.6. The smallest absolute Gasteiger partial charge is 0.302 e. The molecule has 0 amide bonds. The number of fused-ring (bicyclic) bond motifs is 5. The summed E-state index contributed by atoms with van der Waals surface area (Å²) < 4.78 is 5.56. The van der Waals surface area contributed by atoms with Crippen molar-refractivity contribution in [2.45, 2.75) is 92.6 Å². The summed E-state index contributed by atoms with van der Waals surface area (Å²) in [5.74, 6) is 2.77. The summed E-state index contributed by atoms with van der Waals surface area (Å²) in [5, 5.41) is 0. The third kappa shape index (κ3) is 2.53. The van der Waals surface area contributed by atoms with E-state index in [0.717, 1.165) is 25.7 Å². The third-order valence-electron chi connectivity index (χ3n) is 10.3. The molecule has 0 aromatic rings. The van der Waals surface area contributed by atoms with Gasteiger partial charge >= 0.3 is 5.97 Å². The lowest BCUT2D eigenvalue weighted by Crippen LogP contribution is -2.53. The van der Waals surface area contributed by atoms with Crippen molar-refractivity contribution in [2.24, 2.45) is 39.9 Å². The van der Waals surface area contributed by atoms with Gasteiger partial charge in [-0.2, -0.15) is 0 Å². The van der Waals surface area contributed by atoms with E-state index in [-0.39, 0.29) is 28.3 Å². The standard InChI is InChI=1S/C25H38O3/c1-15-13-22-20-8-7-18-14-19(28-17(3)27)9-11-23(18,4)21(20)10-12-24(22,5)25(15,6)16(2)26/h7,15,19-22H,8-14H2,1-6H3/t15-,19?,20?,21?,22?,23+,24+,25-/m1/s1. The van der Waals surface area contributed by atoms with E-state index in [9.17, 15) is 9.59 Å². The van der Waals surface area contributed by atoms with Gasteiger partial charge in [-0.3, -0.25) is 9.59 Å². The van der Waals surface area contributed by atoms with E-state index >= 15 is 0 Å². The number of carbonyl (C=O) groups is 2. The van der Waals surface area contributed by atoms with Crippen LogP contribution in [0.5, 0.6) is 0 Å². The van der Waals surface area contributed by atoms with E-state index in [4.69, 9.17) is 4.74 Å². The molecule has 4 rings (SSSR count). The van der Waals surface area contributed by atoms with Gasteiger partial charge < -0.3 is 4.74 Å². The number of rotatable bonds is 2. The molecule has 4 aliphatic rings. The molecule has 0 aromatic carbocycles. The number of carbonyl (C=O) groups excluding carboxylic acids is 2. The largest absolute Gasteiger partial charge is 0.462 e. The number of ether oxygens (including phenoxy) is 1. The van der Waals surface area contributed by atoms with Gasteiger partial charge in [0.05, 0.1) is 0 Å². The molecule has 28 heavy (non-hydrogen) atoms. The van der Waals surface area contributed by atoms with Crippen LogP contribution in [0.25, 0.3) is 0 Å². The maximum absolute atomic E-state index is 12.8. The Balaban J connectivity index is 1.64. The lowest BCUT2D eigenvalue weighted by molar-refractivity contribution is -0.150. The van der Waals surface area contributed by atoms with Gasteiger partial charge in [0.15, 0.2) is 0 Å². The molecular weight excluding hydrogens is 348 g/mol. The first kappa shape index (κ1) is 20.2. The number of allylic oxidation sites excluding steroid dienone is 1. The van der Waals surface area contributed by atoms with Crippen LogP contribution in [-0.2, 0) is 14.3 Å². The van der Waals surface area contributed by atoms with Gasteiger partial charge in [-0.1, -0.05) is 39.3 Å². The maximum Gasteiger partial charge on any atom is 0.302 e. The average Bonchev–Trinajstić information content (AvgIpc) is 2.83. The van der Waals surface area contributed by atoms with Crippen LogP contribution in [0.2, 0.25) is 0 Å². The fourth-order valence-electron chi connectivity index (χ4n) is 8.29. The molecule has 3 nitrogen and oxygen atoms in total. The van der Waals surface area contributed by atoms with Crippen molar-refractivity contribution in [3.05, 3.63) is 11.6 Å². The normalized spacial score (nSPS) is 50.1. The van der Waals surface area contributed by atoms with E-state index < -0.39 is 0 Å². The molecular formula is C25H38O3. The summed E-state index contributed by atoms with van der Waals surface area (Å²) >= 11 is 0. The lowest BCUT2D eigenvalue weighted by Gasteiger charge is -2.59. The Morgan fingerprint density at radius 3 is 2.43 bits per heavy atom. The molecule has 4 unspecified atom stereocenters. The summed E-state index contributed by atoms with van der Waals surface area (Å²) in [6.07, 6.45) is 10.3. The van der Waals surface area contributed by atoms with Crippen molar-refractivity contribution in [2.75, 3.05) is 0 Å². The highest BCUT2D eigenvalue weighted by Gasteiger charge is 2.66. The van der Waals surface area contributed by atoms with Gasteiger partial charge in [-0.15, -0.1) is 0 Å². The Hall–Kier alpha value is -1.12. The molecule has 0 aliphatic heterocycles. The zero-order valence-electron chi connectivity index (χ0n) is 18.6. The van der Waals surface area contributed by atoms with Crippen LogP contribution in [0.3, 0.4) is 0 Å². The Bertz CT molecular complexity index is 723. The van der Waals surface area contributed by atoms with Gasteiger partial charge in [0.1, 0.15) is 11.9 Å². The van der Waals surface area contributed by atoms with Crippen molar-refractivity contribution in [3.63, 3.8) is 0 Å². The number of hydrogen-bond acceptors (Lipinski definition) is 3. The third-order valence-corrected chi connectivity index (χ3v) is 10.3. The summed E-state index contributed by atoms with van der Waals surface area (Å²) in [7, 11) is 0. The molecule has 0 aromatic heterocycles. The molecule has 0 N–H and O–H groups in total. The van der Waals surface area contributed by atoms with Crippen molar-refractivity contribution < 1.29 is 14.3 Å². The fraction of sp³-hybridized carbons (Fsp3) is 0.840. The van der Waals surface area contributed by atoms with Crippen LogP contribution >= 0.6 is 0 Å². The Kier molecular flexibility index (Phi) is 4.64. The van der Waals surface area contributed by atoms with Crippen LogP contribution in [0.4, 0.5) is 0 Å². The predicted molar refractivity (Wildman–Crippen MR) is 111 cm³/mol. The number of esters is 1. The number of Topliss-reactive ketones (excluding diaryl/α,β-unsaturated/α-hetero) is 1. The second-order valence-electron chi connectivity index (χ2n) is 11.1. The van der Waals surface area contributed by atoms with Crippen LogP contribution < -0.4 is 0 Å². The summed E-state index contributed by atoms with van der Waals surface area (Å²) in [6, 6.07) is 0. The SMILES string of the molecule is CC(=O)OC1CC[C@@]2(C)C(=CCC3C2CC[C@@]2(C)C3C[C@@H](C)[C@]2(C)C(C)=O)C1. The van der Waals surface area contributed by atoms with Gasteiger partial charge in [0.25, 0.3) is 0 Å². The molecule has 3 fully saturated rings. The molecule has 0 saturated heterocycles.